The number of pyridine rings is 2. The van der Waals surface area contributed by atoms with Crippen molar-refractivity contribution < 1.29 is 60.4 Å². The highest BCUT2D eigenvalue weighted by molar-refractivity contribution is 5.94. The summed E-state index contributed by atoms with van der Waals surface area (Å²) in [6.07, 6.45) is -5.82. The molecule has 3 aromatic rings. The highest BCUT2D eigenvalue weighted by atomic mass is 19.4. The van der Waals surface area contributed by atoms with Crippen LogP contribution in [0.25, 0.3) is 11.3 Å². The first kappa shape index (κ1) is 30.3. The lowest BCUT2D eigenvalue weighted by Gasteiger charge is -2.25. The maximum atomic E-state index is 12.4. The molecule has 2 aromatic heterocycles. The van der Waals surface area contributed by atoms with Gasteiger partial charge in [0.15, 0.2) is 11.5 Å². The fraction of sp³-hybridized carbons (Fsp3) is 0.174. The van der Waals surface area contributed by atoms with Gasteiger partial charge in [0.2, 0.25) is 6.10 Å². The monoisotopic (exact) mass is 561 g/mol. The Labute approximate surface area is 214 Å². The minimum Gasteiger partial charge on any atom is -0.485 e. The van der Waals surface area contributed by atoms with Gasteiger partial charge >= 0.3 is 24.3 Å². The van der Waals surface area contributed by atoms with E-state index in [1.54, 1.807) is 30.7 Å². The van der Waals surface area contributed by atoms with Crippen LogP contribution in [0.4, 0.5) is 32.0 Å². The van der Waals surface area contributed by atoms with Gasteiger partial charge in [-0.05, 0) is 36.4 Å². The third-order valence-electron chi connectivity index (χ3n) is 4.29. The number of hydrogen-bond acceptors (Lipinski definition) is 7. The Kier molecular flexibility index (Phi) is 10.2. The van der Waals surface area contributed by atoms with E-state index in [1.807, 2.05) is 36.4 Å². The summed E-state index contributed by atoms with van der Waals surface area (Å²) in [6, 6.07) is 14.7. The van der Waals surface area contributed by atoms with E-state index in [9.17, 15) is 31.1 Å². The number of aliphatic carboxylic acids is 2. The number of hydrogen-bond donors (Lipinski definition) is 3. The number of nitrogens with one attached hydrogen (secondary N) is 1. The van der Waals surface area contributed by atoms with Gasteiger partial charge in [-0.3, -0.25) is 14.8 Å². The van der Waals surface area contributed by atoms with Gasteiger partial charge in [-0.25, -0.2) is 9.59 Å². The van der Waals surface area contributed by atoms with Crippen LogP contribution in [0.5, 0.6) is 11.5 Å². The zero-order valence-corrected chi connectivity index (χ0v) is 19.2. The lowest BCUT2D eigenvalue weighted by atomic mass is 10.2. The third-order valence-corrected chi connectivity index (χ3v) is 4.29. The molecule has 16 heteroatoms. The summed E-state index contributed by atoms with van der Waals surface area (Å²) in [5.74, 6) is -4.57. The number of rotatable bonds is 3. The molecule has 0 radical (unpaired) electrons. The van der Waals surface area contributed by atoms with E-state index in [-0.39, 0.29) is 12.5 Å². The second kappa shape index (κ2) is 13.1. The standard InChI is InChI=1S/C19H15N3O3.2C2HF3O2/c23-19(18-12-24-16-3-1-2-4-17(16)25-18)22-14-5-6-15(21-11-14)13-7-9-20-10-8-13;2*3-2(4,5)1(6)7/h1-11,18H,12H2,(H,22,23);2*(H,6,7). The first-order chi connectivity index (χ1) is 18.2. The lowest BCUT2D eigenvalue weighted by Crippen LogP contribution is -2.40. The minimum atomic E-state index is -5.08. The normalized spacial score (nSPS) is 13.9. The number of carboxylic acid groups (broad SMARTS) is 2. The number of amides is 1. The topological polar surface area (TPSA) is 148 Å². The van der Waals surface area contributed by atoms with Gasteiger partial charge in [0, 0.05) is 18.0 Å². The number of benzene rings is 1. The molecule has 208 valence electrons. The fourth-order valence-corrected chi connectivity index (χ4v) is 2.53. The number of nitrogens with zero attached hydrogens (tertiary/aromatic N) is 2. The number of carbonyl (C=O) groups is 3. The second-order valence-corrected chi connectivity index (χ2v) is 7.13. The summed E-state index contributed by atoms with van der Waals surface area (Å²) in [5.41, 5.74) is 2.38. The SMILES string of the molecule is O=C(Nc1ccc(-c2ccncc2)nc1)C1COc2ccccc2O1.O=C(O)C(F)(F)F.O=C(O)C(F)(F)F. The van der Waals surface area contributed by atoms with E-state index in [4.69, 9.17) is 29.3 Å². The minimum absolute atomic E-state index is 0.172. The maximum Gasteiger partial charge on any atom is 0.490 e. The molecule has 0 spiro atoms. The predicted molar refractivity (Wildman–Crippen MR) is 120 cm³/mol. The molecular weight excluding hydrogens is 544 g/mol. The number of halogens is 6. The molecule has 1 aliphatic heterocycles. The Balaban J connectivity index is 0.000000317. The number of alkyl halides is 6. The van der Waals surface area contributed by atoms with Crippen LogP contribution < -0.4 is 14.8 Å². The van der Waals surface area contributed by atoms with Crippen molar-refractivity contribution >= 4 is 23.5 Å². The lowest BCUT2D eigenvalue weighted by molar-refractivity contribution is -0.193. The Morgan fingerprint density at radius 1 is 0.846 bits per heavy atom. The van der Waals surface area contributed by atoms with E-state index in [0.717, 1.165) is 11.3 Å². The Morgan fingerprint density at radius 3 is 1.87 bits per heavy atom. The van der Waals surface area contributed by atoms with Crippen molar-refractivity contribution in [2.75, 3.05) is 11.9 Å². The van der Waals surface area contributed by atoms with Gasteiger partial charge in [0.25, 0.3) is 5.91 Å². The van der Waals surface area contributed by atoms with Gasteiger partial charge in [-0.2, -0.15) is 26.3 Å². The summed E-state index contributed by atoms with van der Waals surface area (Å²) in [4.78, 5) is 38.5. The van der Waals surface area contributed by atoms with E-state index in [0.29, 0.717) is 17.2 Å². The molecule has 0 bridgehead atoms. The zero-order chi connectivity index (χ0) is 29.2. The highest BCUT2D eigenvalue weighted by Gasteiger charge is 2.38. The van der Waals surface area contributed by atoms with Crippen LogP contribution in [-0.2, 0) is 14.4 Å². The summed E-state index contributed by atoms with van der Waals surface area (Å²) in [5, 5.41) is 17.1. The smallest absolute Gasteiger partial charge is 0.485 e. The molecule has 0 saturated heterocycles. The third kappa shape index (κ3) is 9.83. The number of aromatic nitrogens is 2. The number of fused-ring (bicyclic) bond motifs is 1. The fourth-order valence-electron chi connectivity index (χ4n) is 2.53. The van der Waals surface area contributed by atoms with Gasteiger partial charge in [-0.15, -0.1) is 0 Å². The van der Waals surface area contributed by atoms with Crippen LogP contribution in [-0.4, -0.2) is 63.1 Å². The number of anilines is 1. The first-order valence-corrected chi connectivity index (χ1v) is 10.3. The zero-order valence-electron chi connectivity index (χ0n) is 19.2. The molecule has 1 aromatic carbocycles. The van der Waals surface area contributed by atoms with Crippen molar-refractivity contribution in [1.82, 2.24) is 9.97 Å². The highest BCUT2D eigenvalue weighted by Crippen LogP contribution is 2.31. The molecule has 3 N–H and O–H groups in total. The van der Waals surface area contributed by atoms with E-state index in [1.165, 1.54) is 0 Å². The van der Waals surface area contributed by atoms with Crippen molar-refractivity contribution in [2.24, 2.45) is 0 Å². The number of carbonyl (C=O) groups excluding carboxylic acids is 1. The molecule has 1 aliphatic rings. The van der Waals surface area contributed by atoms with Crippen LogP contribution >= 0.6 is 0 Å². The average Bonchev–Trinajstić information content (AvgIpc) is 2.89. The van der Waals surface area contributed by atoms with Gasteiger partial charge in [0.05, 0.1) is 17.6 Å². The van der Waals surface area contributed by atoms with Crippen molar-refractivity contribution in [3.05, 3.63) is 67.1 Å². The Bertz CT molecular complexity index is 1250. The number of ether oxygens (including phenoxy) is 2. The van der Waals surface area contributed by atoms with Crippen LogP contribution in [0, 0.1) is 0 Å². The summed E-state index contributed by atoms with van der Waals surface area (Å²) in [7, 11) is 0. The van der Waals surface area contributed by atoms with Crippen molar-refractivity contribution in [3.63, 3.8) is 0 Å². The Hall–Kier alpha value is -4.89. The maximum absolute atomic E-state index is 12.4. The van der Waals surface area contributed by atoms with Gasteiger partial charge in [-0.1, -0.05) is 12.1 Å². The molecule has 1 amide bonds. The van der Waals surface area contributed by atoms with E-state index >= 15 is 0 Å². The second-order valence-electron chi connectivity index (χ2n) is 7.13. The number of para-hydroxylation sites is 2. The first-order valence-electron chi connectivity index (χ1n) is 10.3. The van der Waals surface area contributed by atoms with Crippen molar-refractivity contribution in [1.29, 1.82) is 0 Å². The van der Waals surface area contributed by atoms with E-state index in [2.05, 4.69) is 15.3 Å². The average molecular weight is 561 g/mol. The molecule has 1 unspecified atom stereocenters. The molecule has 1 atom stereocenters. The van der Waals surface area contributed by atoms with Crippen LogP contribution in [0.2, 0.25) is 0 Å². The van der Waals surface area contributed by atoms with Crippen LogP contribution in [0.15, 0.2) is 67.1 Å². The molecule has 4 rings (SSSR count). The molecule has 0 aliphatic carbocycles. The quantitative estimate of drug-likeness (QED) is 0.401. The predicted octanol–water partition coefficient (Wildman–Crippen LogP) is 4.19. The molecule has 10 nitrogen and oxygen atoms in total. The van der Waals surface area contributed by atoms with Gasteiger partial charge in [0.1, 0.15) is 6.61 Å². The molecular formula is C23H17F6N3O7. The largest absolute Gasteiger partial charge is 0.490 e. The van der Waals surface area contributed by atoms with E-state index < -0.39 is 30.4 Å². The van der Waals surface area contributed by atoms with Crippen LogP contribution in [0.3, 0.4) is 0 Å². The van der Waals surface area contributed by atoms with Crippen molar-refractivity contribution in [2.45, 2.75) is 18.5 Å². The molecule has 0 fully saturated rings. The number of carboxylic acids is 2. The van der Waals surface area contributed by atoms with Crippen molar-refractivity contribution in [3.8, 4) is 22.8 Å². The Morgan fingerprint density at radius 2 is 1.38 bits per heavy atom. The molecule has 3 heterocycles. The molecule has 39 heavy (non-hydrogen) atoms. The van der Waals surface area contributed by atoms with Gasteiger partial charge < -0.3 is 25.0 Å². The summed E-state index contributed by atoms with van der Waals surface area (Å²) >= 11 is 0. The van der Waals surface area contributed by atoms with Crippen LogP contribution in [0.1, 0.15) is 0 Å². The summed E-state index contributed by atoms with van der Waals surface area (Å²) in [6.45, 7) is 0.172. The molecule has 0 saturated carbocycles. The summed E-state index contributed by atoms with van der Waals surface area (Å²) < 4.78 is 74.7.